The first-order valence-corrected chi connectivity index (χ1v) is 6.21. The van der Waals surface area contributed by atoms with E-state index in [0.717, 1.165) is 24.1 Å². The zero-order valence-electron chi connectivity index (χ0n) is 9.04. The van der Waals surface area contributed by atoms with Gasteiger partial charge in [-0.15, -0.1) is 0 Å². The summed E-state index contributed by atoms with van der Waals surface area (Å²) in [4.78, 5) is 2.44. The van der Waals surface area contributed by atoms with Crippen molar-refractivity contribution in [2.24, 2.45) is 11.7 Å². The van der Waals surface area contributed by atoms with Gasteiger partial charge in [0.05, 0.1) is 0 Å². The molecular weight excluding hydrogens is 252 g/mol. The molecule has 0 amide bonds. The van der Waals surface area contributed by atoms with Crippen molar-refractivity contribution >= 4 is 21.6 Å². The average Bonchev–Trinajstić information content (AvgIpc) is 2.66. The van der Waals surface area contributed by atoms with Crippen LogP contribution in [0.25, 0.3) is 0 Å². The number of hydrogen-bond donors (Lipinski definition) is 1. The summed E-state index contributed by atoms with van der Waals surface area (Å²) in [6.07, 6.45) is 1.23. The number of anilines is 1. The molecule has 1 fully saturated rings. The molecule has 15 heavy (non-hydrogen) atoms. The van der Waals surface area contributed by atoms with Gasteiger partial charge in [0, 0.05) is 23.2 Å². The van der Waals surface area contributed by atoms with E-state index < -0.39 is 0 Å². The first-order chi connectivity index (χ1) is 7.20. The van der Waals surface area contributed by atoms with E-state index in [-0.39, 0.29) is 0 Å². The molecule has 1 atom stereocenters. The second-order valence-corrected chi connectivity index (χ2v) is 5.18. The minimum atomic E-state index is 0.674. The third-order valence-corrected chi connectivity index (χ3v) is 3.61. The minimum absolute atomic E-state index is 0.674. The van der Waals surface area contributed by atoms with Crippen molar-refractivity contribution < 1.29 is 0 Å². The summed E-state index contributed by atoms with van der Waals surface area (Å²) in [5.74, 6) is 0.674. The van der Waals surface area contributed by atoms with Gasteiger partial charge >= 0.3 is 0 Å². The summed E-state index contributed by atoms with van der Waals surface area (Å²) in [6.45, 7) is 5.23. The number of rotatable bonds is 2. The highest BCUT2D eigenvalue weighted by atomic mass is 79.9. The van der Waals surface area contributed by atoms with E-state index in [1.807, 2.05) is 0 Å². The Bertz CT molecular complexity index is 351. The maximum atomic E-state index is 5.70. The first-order valence-electron chi connectivity index (χ1n) is 5.42. The molecule has 0 spiro atoms. The molecule has 1 unspecified atom stereocenters. The quantitative estimate of drug-likeness (QED) is 0.894. The van der Waals surface area contributed by atoms with Gasteiger partial charge in [-0.25, -0.2) is 0 Å². The molecule has 82 valence electrons. The van der Waals surface area contributed by atoms with Gasteiger partial charge in [-0.2, -0.15) is 0 Å². The third-order valence-electron chi connectivity index (χ3n) is 3.12. The SMILES string of the molecule is Cc1cc(Br)ccc1N1CCC(CN)C1. The number of hydrogen-bond acceptors (Lipinski definition) is 2. The lowest BCUT2D eigenvalue weighted by molar-refractivity contribution is 0.602. The summed E-state index contributed by atoms with van der Waals surface area (Å²) >= 11 is 3.49. The van der Waals surface area contributed by atoms with E-state index in [1.54, 1.807) is 0 Å². The summed E-state index contributed by atoms with van der Waals surface area (Å²) in [5.41, 5.74) is 8.39. The van der Waals surface area contributed by atoms with E-state index in [0.29, 0.717) is 5.92 Å². The summed E-state index contributed by atoms with van der Waals surface area (Å²) in [7, 11) is 0. The molecule has 0 saturated carbocycles. The molecule has 3 heteroatoms. The van der Waals surface area contributed by atoms with Crippen molar-refractivity contribution in [2.45, 2.75) is 13.3 Å². The lowest BCUT2D eigenvalue weighted by atomic mass is 10.1. The molecule has 1 heterocycles. The van der Waals surface area contributed by atoms with Gasteiger partial charge in [0.1, 0.15) is 0 Å². The second kappa shape index (κ2) is 4.54. The Kier molecular flexibility index (Phi) is 3.32. The van der Waals surface area contributed by atoms with Crippen LogP contribution >= 0.6 is 15.9 Å². The van der Waals surface area contributed by atoms with Crippen LogP contribution in [0.5, 0.6) is 0 Å². The van der Waals surface area contributed by atoms with Crippen molar-refractivity contribution in [1.82, 2.24) is 0 Å². The van der Waals surface area contributed by atoms with Crippen LogP contribution in [0, 0.1) is 12.8 Å². The Morgan fingerprint density at radius 2 is 2.33 bits per heavy atom. The molecule has 0 bridgehead atoms. The fourth-order valence-electron chi connectivity index (χ4n) is 2.22. The van der Waals surface area contributed by atoms with Crippen LogP contribution in [0.15, 0.2) is 22.7 Å². The number of nitrogens with zero attached hydrogens (tertiary/aromatic N) is 1. The first kappa shape index (κ1) is 11.0. The van der Waals surface area contributed by atoms with Crippen LogP contribution in [-0.2, 0) is 0 Å². The largest absolute Gasteiger partial charge is 0.371 e. The Labute approximate surface area is 99.6 Å². The van der Waals surface area contributed by atoms with E-state index in [9.17, 15) is 0 Å². The molecule has 2 N–H and O–H groups in total. The molecule has 0 radical (unpaired) electrons. The Morgan fingerprint density at radius 1 is 1.53 bits per heavy atom. The highest BCUT2D eigenvalue weighted by Gasteiger charge is 2.22. The predicted octanol–water partition coefficient (Wildman–Crippen LogP) is 2.54. The minimum Gasteiger partial charge on any atom is -0.371 e. The standard InChI is InChI=1S/C12H17BrN2/c1-9-6-11(13)2-3-12(9)15-5-4-10(7-14)8-15/h2-3,6,10H,4-5,7-8,14H2,1H3. The van der Waals surface area contributed by atoms with Crippen LogP contribution in [0.4, 0.5) is 5.69 Å². The molecule has 2 rings (SSSR count). The normalized spacial score (nSPS) is 21.0. The maximum Gasteiger partial charge on any atom is 0.0396 e. The Balaban J connectivity index is 2.17. The van der Waals surface area contributed by atoms with Crippen molar-refractivity contribution in [1.29, 1.82) is 0 Å². The van der Waals surface area contributed by atoms with Gasteiger partial charge in [-0.3, -0.25) is 0 Å². The lowest BCUT2D eigenvalue weighted by Crippen LogP contribution is -2.23. The number of nitrogens with two attached hydrogens (primary N) is 1. The van der Waals surface area contributed by atoms with Crippen LogP contribution in [-0.4, -0.2) is 19.6 Å². The smallest absolute Gasteiger partial charge is 0.0396 e. The number of benzene rings is 1. The van der Waals surface area contributed by atoms with Crippen molar-refractivity contribution in [3.05, 3.63) is 28.2 Å². The van der Waals surface area contributed by atoms with Crippen LogP contribution in [0.3, 0.4) is 0 Å². The Hall–Kier alpha value is -0.540. The van der Waals surface area contributed by atoms with Gasteiger partial charge in [0.2, 0.25) is 0 Å². The van der Waals surface area contributed by atoms with Crippen molar-refractivity contribution in [2.75, 3.05) is 24.5 Å². The molecule has 1 aliphatic heterocycles. The lowest BCUT2D eigenvalue weighted by Gasteiger charge is -2.21. The van der Waals surface area contributed by atoms with Crippen molar-refractivity contribution in [3.63, 3.8) is 0 Å². The van der Waals surface area contributed by atoms with Gasteiger partial charge in [0.25, 0.3) is 0 Å². The molecule has 1 aromatic rings. The highest BCUT2D eigenvalue weighted by Crippen LogP contribution is 2.28. The maximum absolute atomic E-state index is 5.70. The fraction of sp³-hybridized carbons (Fsp3) is 0.500. The monoisotopic (exact) mass is 268 g/mol. The van der Waals surface area contributed by atoms with E-state index in [2.05, 4.69) is 46.0 Å². The van der Waals surface area contributed by atoms with E-state index >= 15 is 0 Å². The molecule has 0 aliphatic carbocycles. The molecule has 0 aromatic heterocycles. The summed E-state index contributed by atoms with van der Waals surface area (Å²) in [5, 5.41) is 0. The second-order valence-electron chi connectivity index (χ2n) is 4.27. The van der Waals surface area contributed by atoms with Crippen LogP contribution in [0.1, 0.15) is 12.0 Å². The fourth-order valence-corrected chi connectivity index (χ4v) is 2.69. The van der Waals surface area contributed by atoms with Crippen molar-refractivity contribution in [3.8, 4) is 0 Å². The third kappa shape index (κ3) is 2.34. The Morgan fingerprint density at radius 3 is 2.93 bits per heavy atom. The van der Waals surface area contributed by atoms with E-state index in [4.69, 9.17) is 5.73 Å². The van der Waals surface area contributed by atoms with Gasteiger partial charge < -0.3 is 10.6 Å². The molecule has 1 aromatic carbocycles. The van der Waals surface area contributed by atoms with Crippen LogP contribution < -0.4 is 10.6 Å². The summed E-state index contributed by atoms with van der Waals surface area (Å²) in [6, 6.07) is 6.47. The van der Waals surface area contributed by atoms with Gasteiger partial charge in [0.15, 0.2) is 0 Å². The highest BCUT2D eigenvalue weighted by molar-refractivity contribution is 9.10. The van der Waals surface area contributed by atoms with Crippen LogP contribution in [0.2, 0.25) is 0 Å². The molecule has 1 aliphatic rings. The van der Waals surface area contributed by atoms with Gasteiger partial charge in [-0.1, -0.05) is 15.9 Å². The zero-order valence-corrected chi connectivity index (χ0v) is 10.6. The summed E-state index contributed by atoms with van der Waals surface area (Å²) < 4.78 is 1.15. The van der Waals surface area contributed by atoms with E-state index in [1.165, 1.54) is 17.7 Å². The molecule has 1 saturated heterocycles. The predicted molar refractivity (Wildman–Crippen MR) is 68.3 cm³/mol. The molecular formula is C12H17BrN2. The molecule has 2 nitrogen and oxygen atoms in total. The van der Waals surface area contributed by atoms with Gasteiger partial charge in [-0.05, 0) is 49.6 Å². The zero-order chi connectivity index (χ0) is 10.8. The number of aryl methyl sites for hydroxylation is 1. The topological polar surface area (TPSA) is 29.3 Å². The number of halogens is 1. The average molecular weight is 269 g/mol.